The van der Waals surface area contributed by atoms with Gasteiger partial charge in [-0.05, 0) is 44.3 Å². The van der Waals surface area contributed by atoms with Gasteiger partial charge in [0.15, 0.2) is 4.96 Å². The van der Waals surface area contributed by atoms with Crippen LogP contribution in [0, 0.1) is 0 Å². The van der Waals surface area contributed by atoms with Gasteiger partial charge in [0.1, 0.15) is 4.83 Å². The van der Waals surface area contributed by atoms with Gasteiger partial charge in [0.2, 0.25) is 0 Å². The summed E-state index contributed by atoms with van der Waals surface area (Å²) in [6.07, 6.45) is 6.58. The molecule has 6 heteroatoms. The molecule has 0 bridgehead atoms. The number of aryl methyl sites for hydroxylation is 2. The topological polar surface area (TPSA) is 37.6 Å². The van der Waals surface area contributed by atoms with Crippen LogP contribution in [0.5, 0.6) is 0 Å². The first-order valence-corrected chi connectivity index (χ1v) is 10.0. The van der Waals surface area contributed by atoms with Crippen LogP contribution in [-0.2, 0) is 19.4 Å². The van der Waals surface area contributed by atoms with Gasteiger partial charge >= 0.3 is 0 Å². The van der Waals surface area contributed by atoms with Crippen LogP contribution in [0.2, 0.25) is 0 Å². The lowest BCUT2D eigenvalue weighted by molar-refractivity contribution is 0.298. The monoisotopic (exact) mass is 347 g/mol. The standard InChI is InChI=1S/C17H21N3OS2/c1-3-19(4-2)9-11-10-20-16(21)14-12-7-5-6-8-13(12)23-15(14)18-17(20)22-11/h10H,3-9H2,1-2H3. The summed E-state index contributed by atoms with van der Waals surface area (Å²) in [7, 11) is 0. The minimum absolute atomic E-state index is 0.131. The van der Waals surface area contributed by atoms with Crippen molar-refractivity contribution in [3.8, 4) is 0 Å². The Labute approximate surface area is 143 Å². The van der Waals surface area contributed by atoms with E-state index in [-0.39, 0.29) is 5.56 Å². The van der Waals surface area contributed by atoms with Gasteiger partial charge in [-0.15, -0.1) is 11.3 Å². The summed E-state index contributed by atoms with van der Waals surface area (Å²) in [5.41, 5.74) is 1.41. The Balaban J connectivity index is 1.86. The molecule has 1 aliphatic rings. The number of hydrogen-bond acceptors (Lipinski definition) is 5. The van der Waals surface area contributed by atoms with E-state index in [1.807, 2.05) is 6.20 Å². The second-order valence-corrected chi connectivity index (χ2v) is 8.30. The maximum atomic E-state index is 13.0. The number of rotatable bonds is 4. The van der Waals surface area contributed by atoms with Crippen molar-refractivity contribution in [2.75, 3.05) is 13.1 Å². The molecule has 0 saturated carbocycles. The van der Waals surface area contributed by atoms with E-state index in [4.69, 9.17) is 4.98 Å². The second kappa shape index (κ2) is 6.00. The van der Waals surface area contributed by atoms with Gasteiger partial charge in [0, 0.05) is 22.5 Å². The van der Waals surface area contributed by atoms with Crippen molar-refractivity contribution in [3.05, 3.63) is 31.9 Å². The molecule has 0 aliphatic heterocycles. The maximum absolute atomic E-state index is 13.0. The fourth-order valence-corrected chi connectivity index (χ4v) is 5.73. The van der Waals surface area contributed by atoms with E-state index >= 15 is 0 Å². The van der Waals surface area contributed by atoms with Crippen LogP contribution < -0.4 is 5.56 Å². The molecule has 3 aromatic heterocycles. The first-order chi connectivity index (χ1) is 11.2. The van der Waals surface area contributed by atoms with Gasteiger partial charge in [-0.25, -0.2) is 4.98 Å². The van der Waals surface area contributed by atoms with Crippen molar-refractivity contribution < 1.29 is 0 Å². The fraction of sp³-hybridized carbons (Fsp3) is 0.529. The van der Waals surface area contributed by atoms with Crippen LogP contribution in [0.1, 0.15) is 42.0 Å². The highest BCUT2D eigenvalue weighted by atomic mass is 32.1. The molecule has 122 valence electrons. The third kappa shape index (κ3) is 2.53. The van der Waals surface area contributed by atoms with Crippen molar-refractivity contribution in [3.63, 3.8) is 0 Å². The highest BCUT2D eigenvalue weighted by molar-refractivity contribution is 7.19. The van der Waals surface area contributed by atoms with Crippen LogP contribution in [0.3, 0.4) is 0 Å². The number of fused-ring (bicyclic) bond motifs is 4. The van der Waals surface area contributed by atoms with Crippen LogP contribution in [-0.4, -0.2) is 27.4 Å². The molecule has 4 nitrogen and oxygen atoms in total. The number of thiazole rings is 1. The van der Waals surface area contributed by atoms with E-state index in [9.17, 15) is 4.79 Å². The predicted molar refractivity (Wildman–Crippen MR) is 98.0 cm³/mol. The average Bonchev–Trinajstić information content (AvgIpc) is 3.13. The second-order valence-electron chi connectivity index (χ2n) is 6.12. The third-order valence-electron chi connectivity index (χ3n) is 4.76. The van der Waals surface area contributed by atoms with E-state index in [1.165, 1.54) is 28.2 Å². The molecular formula is C17H21N3OS2. The quantitative estimate of drug-likeness (QED) is 0.722. The minimum Gasteiger partial charge on any atom is -0.299 e. The maximum Gasteiger partial charge on any atom is 0.267 e. The SMILES string of the molecule is CCN(CC)Cc1cn2c(=O)c3c4c(sc3nc2s1)CCCC4. The average molecular weight is 348 g/mol. The molecule has 0 atom stereocenters. The zero-order valence-electron chi connectivity index (χ0n) is 13.6. The molecule has 4 rings (SSSR count). The van der Waals surface area contributed by atoms with Gasteiger partial charge in [-0.2, -0.15) is 0 Å². The smallest absolute Gasteiger partial charge is 0.267 e. The number of aromatic nitrogens is 2. The van der Waals surface area contributed by atoms with Gasteiger partial charge in [0.25, 0.3) is 5.56 Å². The molecule has 0 unspecified atom stereocenters. The van der Waals surface area contributed by atoms with Crippen LogP contribution in [0.25, 0.3) is 15.2 Å². The van der Waals surface area contributed by atoms with Crippen molar-refractivity contribution in [1.29, 1.82) is 0 Å². The summed E-state index contributed by atoms with van der Waals surface area (Å²) in [6.45, 7) is 7.28. The molecule has 0 N–H and O–H groups in total. The first kappa shape index (κ1) is 15.3. The largest absolute Gasteiger partial charge is 0.299 e. The van der Waals surface area contributed by atoms with Crippen molar-refractivity contribution in [2.24, 2.45) is 0 Å². The van der Waals surface area contributed by atoms with Crippen molar-refractivity contribution in [2.45, 2.75) is 46.1 Å². The number of thiophene rings is 1. The summed E-state index contributed by atoms with van der Waals surface area (Å²) in [4.78, 5) is 24.5. The Morgan fingerprint density at radius 2 is 2.00 bits per heavy atom. The van der Waals surface area contributed by atoms with E-state index in [0.29, 0.717) is 0 Å². The van der Waals surface area contributed by atoms with E-state index in [0.717, 1.165) is 47.7 Å². The normalized spacial score (nSPS) is 14.9. The molecule has 0 amide bonds. The summed E-state index contributed by atoms with van der Waals surface area (Å²) >= 11 is 3.38. The molecule has 3 heterocycles. The highest BCUT2D eigenvalue weighted by Crippen LogP contribution is 2.34. The van der Waals surface area contributed by atoms with Crippen molar-refractivity contribution in [1.82, 2.24) is 14.3 Å². The molecule has 0 fully saturated rings. The zero-order valence-corrected chi connectivity index (χ0v) is 15.2. The molecule has 3 aromatic rings. The molecule has 0 radical (unpaired) electrons. The minimum atomic E-state index is 0.131. The Bertz CT molecular complexity index is 917. The molecule has 23 heavy (non-hydrogen) atoms. The first-order valence-electron chi connectivity index (χ1n) is 8.39. The lowest BCUT2D eigenvalue weighted by atomic mass is 9.97. The molecule has 0 aromatic carbocycles. The van der Waals surface area contributed by atoms with E-state index in [2.05, 4.69) is 18.7 Å². The Morgan fingerprint density at radius 1 is 1.22 bits per heavy atom. The lowest BCUT2D eigenvalue weighted by Crippen LogP contribution is -2.21. The predicted octanol–water partition coefficient (Wildman–Crippen LogP) is 3.69. The van der Waals surface area contributed by atoms with Crippen LogP contribution in [0.4, 0.5) is 0 Å². The fourth-order valence-electron chi connectivity index (χ4n) is 3.41. The third-order valence-corrected chi connectivity index (χ3v) is 6.91. The molecular weight excluding hydrogens is 326 g/mol. The van der Waals surface area contributed by atoms with Gasteiger partial charge in [0.05, 0.1) is 5.39 Å². The van der Waals surface area contributed by atoms with E-state index in [1.54, 1.807) is 27.1 Å². The molecule has 0 saturated heterocycles. The Hall–Kier alpha value is -1.24. The number of hydrogen-bond donors (Lipinski definition) is 0. The number of nitrogens with zero attached hydrogens (tertiary/aromatic N) is 3. The molecule has 0 spiro atoms. The zero-order chi connectivity index (χ0) is 16.0. The highest BCUT2D eigenvalue weighted by Gasteiger charge is 2.21. The Morgan fingerprint density at radius 3 is 2.78 bits per heavy atom. The summed E-state index contributed by atoms with van der Waals surface area (Å²) < 4.78 is 1.77. The lowest BCUT2D eigenvalue weighted by Gasteiger charge is -2.15. The Kier molecular flexibility index (Phi) is 3.99. The van der Waals surface area contributed by atoms with Gasteiger partial charge < -0.3 is 0 Å². The summed E-state index contributed by atoms with van der Waals surface area (Å²) in [6, 6.07) is 0. The summed E-state index contributed by atoms with van der Waals surface area (Å²) in [5, 5.41) is 0.884. The van der Waals surface area contributed by atoms with Crippen LogP contribution >= 0.6 is 22.7 Å². The molecule has 1 aliphatic carbocycles. The summed E-state index contributed by atoms with van der Waals surface area (Å²) in [5.74, 6) is 0. The van der Waals surface area contributed by atoms with Crippen molar-refractivity contribution >= 4 is 37.9 Å². The van der Waals surface area contributed by atoms with Crippen LogP contribution in [0.15, 0.2) is 11.0 Å². The van der Waals surface area contributed by atoms with Gasteiger partial charge in [-0.3, -0.25) is 14.1 Å². The van der Waals surface area contributed by atoms with E-state index < -0.39 is 0 Å². The van der Waals surface area contributed by atoms with Gasteiger partial charge in [-0.1, -0.05) is 25.2 Å².